The number of anilines is 2. The van der Waals surface area contributed by atoms with Gasteiger partial charge in [0.1, 0.15) is 11.5 Å². The van der Waals surface area contributed by atoms with Crippen molar-refractivity contribution in [1.82, 2.24) is 0 Å². The largest absolute Gasteiger partial charge is 0.542 e. The molecule has 2 aromatic carbocycles. The molecule has 0 bridgehead atoms. The normalized spacial score (nSPS) is 12.5. The molecule has 13 heteroatoms. The predicted octanol–water partition coefficient (Wildman–Crippen LogP) is 7.92. The molecule has 0 aliphatic rings. The van der Waals surface area contributed by atoms with Crippen LogP contribution in [0, 0.1) is 20.2 Å². The fourth-order valence-electron chi connectivity index (χ4n) is 2.76. The Morgan fingerprint density at radius 1 is 0.711 bits per heavy atom. The number of urea groups is 1. The fraction of sp³-hybridized carbons (Fsp3) is 0.480. The van der Waals surface area contributed by atoms with Crippen LogP contribution in [0.1, 0.15) is 41.5 Å². The number of rotatable bonds is 8. The lowest BCUT2D eigenvalue weighted by Gasteiger charge is -2.37. The van der Waals surface area contributed by atoms with Crippen LogP contribution in [-0.4, -0.2) is 32.5 Å². The molecule has 2 N–H and O–H groups in total. The van der Waals surface area contributed by atoms with Gasteiger partial charge in [0.2, 0.25) is 0 Å². The smallest absolute Gasteiger partial charge is 0.323 e. The van der Waals surface area contributed by atoms with Crippen LogP contribution in [0.5, 0.6) is 11.5 Å². The Morgan fingerprint density at radius 3 is 1.29 bits per heavy atom. The number of nitro groups is 2. The highest BCUT2D eigenvalue weighted by atomic mass is 28.4. The maximum absolute atomic E-state index is 13.1. The van der Waals surface area contributed by atoms with Gasteiger partial charge in [-0.15, -0.1) is 0 Å². The van der Waals surface area contributed by atoms with E-state index in [1.165, 1.54) is 36.4 Å². The minimum absolute atomic E-state index is 0.162. The minimum atomic E-state index is -2.40. The molecule has 0 heterocycles. The molecular weight excluding hydrogens is 524 g/mol. The summed E-state index contributed by atoms with van der Waals surface area (Å²) >= 11 is 0. The Labute approximate surface area is 225 Å². The van der Waals surface area contributed by atoms with Crippen LogP contribution in [-0.2, 0) is 0 Å². The number of carbonyl (C=O) groups is 1. The van der Waals surface area contributed by atoms with Crippen LogP contribution in [0.15, 0.2) is 36.4 Å². The summed E-state index contributed by atoms with van der Waals surface area (Å²) in [5, 5.41) is 27.8. The molecule has 0 atom stereocenters. The monoisotopic (exact) mass is 562 g/mol. The Hall–Kier alpha value is -3.46. The number of nitrogens with zero attached hydrogens (tertiary/aromatic N) is 2. The number of hydrogen-bond acceptors (Lipinski definition) is 7. The highest BCUT2D eigenvalue weighted by molar-refractivity contribution is 6.75. The van der Waals surface area contributed by atoms with E-state index in [2.05, 4.69) is 10.6 Å². The summed E-state index contributed by atoms with van der Waals surface area (Å²) in [7, 11) is -4.81. The molecule has 2 amide bonds. The Kier molecular flexibility index (Phi) is 8.69. The lowest BCUT2D eigenvalue weighted by molar-refractivity contribution is -0.385. The van der Waals surface area contributed by atoms with Gasteiger partial charge in [-0.25, -0.2) is 4.79 Å². The molecule has 38 heavy (non-hydrogen) atoms. The summed E-state index contributed by atoms with van der Waals surface area (Å²) < 4.78 is 12.6. The van der Waals surface area contributed by atoms with Crippen molar-refractivity contribution in [2.75, 3.05) is 10.6 Å². The second-order valence-electron chi connectivity index (χ2n) is 12.2. The summed E-state index contributed by atoms with van der Waals surface area (Å²) in [4.78, 5) is 34.8. The first-order chi connectivity index (χ1) is 17.1. The van der Waals surface area contributed by atoms with Gasteiger partial charge in [-0.3, -0.25) is 20.2 Å². The van der Waals surface area contributed by atoms with Gasteiger partial charge >= 0.3 is 6.03 Å². The summed E-state index contributed by atoms with van der Waals surface area (Å²) in [6.07, 6.45) is 0. The Balaban J connectivity index is 2.43. The second-order valence-corrected chi connectivity index (χ2v) is 21.6. The average molecular weight is 563 g/mol. The summed E-state index contributed by atoms with van der Waals surface area (Å²) in [5.74, 6) is 0.393. The van der Waals surface area contributed by atoms with Crippen molar-refractivity contribution < 1.29 is 23.5 Å². The van der Waals surface area contributed by atoms with Gasteiger partial charge < -0.3 is 19.5 Å². The van der Waals surface area contributed by atoms with Crippen molar-refractivity contribution in [3.63, 3.8) is 0 Å². The van der Waals surface area contributed by atoms with Crippen LogP contribution >= 0.6 is 0 Å². The maximum Gasteiger partial charge on any atom is 0.323 e. The second kappa shape index (κ2) is 10.7. The van der Waals surface area contributed by atoms with E-state index >= 15 is 0 Å². The molecular formula is C25H38N4O7Si2. The molecule has 0 saturated heterocycles. The zero-order valence-electron chi connectivity index (χ0n) is 23.7. The molecule has 0 spiro atoms. The Morgan fingerprint density at radius 2 is 1.03 bits per heavy atom. The van der Waals surface area contributed by atoms with Gasteiger partial charge in [0, 0.05) is 12.1 Å². The first-order valence-corrected chi connectivity index (χ1v) is 18.0. The summed E-state index contributed by atoms with van der Waals surface area (Å²) in [6.45, 7) is 20.2. The number of carbonyl (C=O) groups excluding carboxylic acids is 1. The number of amides is 2. The van der Waals surface area contributed by atoms with Crippen molar-refractivity contribution >= 4 is 45.4 Å². The fourth-order valence-corrected chi connectivity index (χ4v) is 4.81. The van der Waals surface area contributed by atoms with Crippen LogP contribution in [0.25, 0.3) is 0 Å². The number of benzene rings is 2. The van der Waals surface area contributed by atoms with E-state index in [0.29, 0.717) is 0 Å². The molecule has 0 fully saturated rings. The van der Waals surface area contributed by atoms with Crippen LogP contribution < -0.4 is 19.5 Å². The maximum atomic E-state index is 13.1. The molecule has 11 nitrogen and oxygen atoms in total. The van der Waals surface area contributed by atoms with Crippen LogP contribution in [0.4, 0.5) is 27.5 Å². The van der Waals surface area contributed by atoms with Gasteiger partial charge in [0.15, 0.2) is 0 Å². The SMILES string of the molecule is CC(C)(C)[Si](C)(C)Oc1cc([N+](=O)[O-])ccc1NC(=O)Nc1ccc([N+](=O)[O-])cc1O[Si](C)(C)C(C)(C)C. The van der Waals surface area contributed by atoms with Gasteiger partial charge in [-0.2, -0.15) is 0 Å². The van der Waals surface area contributed by atoms with Gasteiger partial charge in [0.25, 0.3) is 28.0 Å². The van der Waals surface area contributed by atoms with E-state index < -0.39 is 32.5 Å². The van der Waals surface area contributed by atoms with Crippen molar-refractivity contribution in [3.8, 4) is 11.5 Å². The molecule has 0 radical (unpaired) electrons. The van der Waals surface area contributed by atoms with Gasteiger partial charge in [-0.05, 0) is 48.4 Å². The predicted molar refractivity (Wildman–Crippen MR) is 154 cm³/mol. The molecule has 0 aromatic heterocycles. The first-order valence-electron chi connectivity index (χ1n) is 12.2. The molecule has 208 valence electrons. The van der Waals surface area contributed by atoms with Crippen molar-refractivity contribution in [1.29, 1.82) is 0 Å². The number of hydrogen-bond donors (Lipinski definition) is 2. The zero-order chi connectivity index (χ0) is 29.3. The van der Waals surface area contributed by atoms with Crippen molar-refractivity contribution in [2.45, 2.75) is 77.8 Å². The average Bonchev–Trinajstić information content (AvgIpc) is 2.73. The zero-order valence-corrected chi connectivity index (χ0v) is 25.7. The third-order valence-electron chi connectivity index (χ3n) is 7.19. The molecule has 0 aliphatic heterocycles. The van der Waals surface area contributed by atoms with Crippen molar-refractivity contribution in [2.24, 2.45) is 0 Å². The van der Waals surface area contributed by atoms with Gasteiger partial charge in [0.05, 0.1) is 33.4 Å². The van der Waals surface area contributed by atoms with E-state index in [4.69, 9.17) is 8.85 Å². The quantitative estimate of drug-likeness (QED) is 0.189. The third-order valence-corrected chi connectivity index (χ3v) is 15.9. The van der Waals surface area contributed by atoms with E-state index in [0.717, 1.165) is 0 Å². The highest BCUT2D eigenvalue weighted by Gasteiger charge is 2.41. The molecule has 2 aromatic rings. The minimum Gasteiger partial charge on any atom is -0.542 e. The molecule has 0 unspecified atom stereocenters. The lowest BCUT2D eigenvalue weighted by Crippen LogP contribution is -2.44. The number of nitrogens with one attached hydrogen (secondary N) is 2. The van der Waals surface area contributed by atoms with Crippen LogP contribution in [0.2, 0.25) is 36.3 Å². The third kappa shape index (κ3) is 7.31. The summed E-state index contributed by atoms with van der Waals surface area (Å²) in [6, 6.07) is 7.35. The van der Waals surface area contributed by atoms with E-state index in [1.807, 2.05) is 67.7 Å². The van der Waals surface area contributed by atoms with Gasteiger partial charge in [-0.1, -0.05) is 41.5 Å². The van der Waals surface area contributed by atoms with Crippen molar-refractivity contribution in [3.05, 3.63) is 56.6 Å². The highest BCUT2D eigenvalue weighted by Crippen LogP contribution is 2.42. The molecule has 0 aliphatic carbocycles. The summed E-state index contributed by atoms with van der Waals surface area (Å²) in [5.41, 5.74) is 0.189. The molecule has 0 saturated carbocycles. The lowest BCUT2D eigenvalue weighted by atomic mass is 10.2. The number of non-ortho nitro benzene ring substituents is 2. The number of nitro benzene ring substituents is 2. The van der Waals surface area contributed by atoms with E-state index in [9.17, 15) is 25.0 Å². The standard InChI is InChI=1S/C25H38N4O7Si2/c1-24(2,3)37(7,8)35-21-15-17(28(31)32)11-13-19(21)26-23(30)27-20-14-12-18(29(33)34)16-22(20)36-38(9,10)25(4,5)6/h11-16H,1-10H3,(H2,26,27,30). The van der Waals surface area contributed by atoms with Crippen LogP contribution in [0.3, 0.4) is 0 Å². The van der Waals surface area contributed by atoms with E-state index in [1.54, 1.807) is 0 Å². The topological polar surface area (TPSA) is 146 Å². The van der Waals surface area contributed by atoms with E-state index in [-0.39, 0.29) is 44.3 Å². The Bertz CT molecular complexity index is 1140. The molecule has 2 rings (SSSR count). The first kappa shape index (κ1) is 30.8.